The summed E-state index contributed by atoms with van der Waals surface area (Å²) in [5.74, 6) is 0.0609. The Balaban J connectivity index is 1.80. The first kappa shape index (κ1) is 12.7. The van der Waals surface area contributed by atoms with Gasteiger partial charge in [-0.25, -0.2) is 9.97 Å². The highest BCUT2D eigenvalue weighted by molar-refractivity contribution is 5.94. The summed E-state index contributed by atoms with van der Waals surface area (Å²) in [5, 5.41) is 0. The molecule has 0 bridgehead atoms. The Bertz CT molecular complexity index is 627. The molecule has 20 heavy (non-hydrogen) atoms. The highest BCUT2D eigenvalue weighted by Gasteiger charge is 2.21. The van der Waals surface area contributed by atoms with Crippen molar-refractivity contribution in [3.63, 3.8) is 0 Å². The normalized spacial score (nSPS) is 14.6. The number of amides is 1. The number of aryl methyl sites for hydroxylation is 1. The Hall–Kier alpha value is -2.30. The molecule has 0 fully saturated rings. The minimum atomic E-state index is 0.0609. The first-order chi connectivity index (χ1) is 9.75. The van der Waals surface area contributed by atoms with Crippen molar-refractivity contribution >= 4 is 5.91 Å². The third-order valence-corrected chi connectivity index (χ3v) is 3.71. The molecule has 0 radical (unpaired) electrons. The van der Waals surface area contributed by atoms with E-state index in [0.29, 0.717) is 18.7 Å². The van der Waals surface area contributed by atoms with Crippen LogP contribution in [0.3, 0.4) is 0 Å². The van der Waals surface area contributed by atoms with Crippen LogP contribution in [-0.2, 0) is 12.8 Å². The maximum atomic E-state index is 12.5. The molecule has 3 rings (SSSR count). The van der Waals surface area contributed by atoms with E-state index >= 15 is 0 Å². The molecule has 5 heteroatoms. The van der Waals surface area contributed by atoms with Gasteiger partial charge in [-0.15, -0.1) is 0 Å². The van der Waals surface area contributed by atoms with Gasteiger partial charge in [-0.05, 0) is 31.0 Å². The molecule has 0 saturated carbocycles. The zero-order valence-electron chi connectivity index (χ0n) is 11.4. The van der Waals surface area contributed by atoms with Crippen molar-refractivity contribution in [1.29, 1.82) is 0 Å². The fraction of sp³-hybridized carbons (Fsp3) is 0.333. The van der Waals surface area contributed by atoms with Crippen LogP contribution in [0.1, 0.15) is 27.3 Å². The summed E-state index contributed by atoms with van der Waals surface area (Å²) in [5.41, 5.74) is 3.97. The zero-order valence-corrected chi connectivity index (χ0v) is 11.4. The van der Waals surface area contributed by atoms with Crippen molar-refractivity contribution in [1.82, 2.24) is 19.9 Å². The van der Waals surface area contributed by atoms with Gasteiger partial charge in [-0.2, -0.15) is 0 Å². The SMILES string of the molecule is Cc1ncnc2c1CCN(C(=O)c1ccncc1)CC2. The molecule has 2 aromatic heterocycles. The standard InChI is InChI=1S/C15H16N4O/c1-11-13-4-8-19(9-5-14(13)18-10-17-11)15(20)12-2-6-16-7-3-12/h2-3,6-7,10H,4-5,8-9H2,1H3. The number of hydrogen-bond donors (Lipinski definition) is 0. The molecule has 2 aromatic rings. The predicted octanol–water partition coefficient (Wildman–Crippen LogP) is 1.42. The first-order valence-corrected chi connectivity index (χ1v) is 6.74. The lowest BCUT2D eigenvalue weighted by Gasteiger charge is -2.20. The molecular formula is C15H16N4O. The second-order valence-corrected chi connectivity index (χ2v) is 4.91. The largest absolute Gasteiger partial charge is 0.338 e. The molecule has 0 spiro atoms. The number of nitrogens with zero attached hydrogens (tertiary/aromatic N) is 4. The quantitative estimate of drug-likeness (QED) is 0.785. The van der Waals surface area contributed by atoms with E-state index in [2.05, 4.69) is 15.0 Å². The van der Waals surface area contributed by atoms with Gasteiger partial charge in [0, 0.05) is 48.9 Å². The van der Waals surface area contributed by atoms with Crippen molar-refractivity contribution in [2.45, 2.75) is 19.8 Å². The van der Waals surface area contributed by atoms with E-state index in [1.807, 2.05) is 11.8 Å². The molecule has 3 heterocycles. The van der Waals surface area contributed by atoms with Crippen LogP contribution < -0.4 is 0 Å². The third kappa shape index (κ3) is 2.39. The summed E-state index contributed by atoms with van der Waals surface area (Å²) in [6.45, 7) is 3.41. The fourth-order valence-electron chi connectivity index (χ4n) is 2.57. The Kier molecular flexibility index (Phi) is 3.41. The molecule has 0 saturated heterocycles. The van der Waals surface area contributed by atoms with Gasteiger partial charge in [0.1, 0.15) is 6.33 Å². The molecule has 1 aliphatic heterocycles. The number of aromatic nitrogens is 3. The van der Waals surface area contributed by atoms with Crippen molar-refractivity contribution in [2.24, 2.45) is 0 Å². The number of fused-ring (bicyclic) bond motifs is 1. The smallest absolute Gasteiger partial charge is 0.253 e. The summed E-state index contributed by atoms with van der Waals surface area (Å²) in [7, 11) is 0. The van der Waals surface area contributed by atoms with Crippen molar-refractivity contribution in [3.8, 4) is 0 Å². The van der Waals surface area contributed by atoms with Gasteiger partial charge in [0.25, 0.3) is 5.91 Å². The highest BCUT2D eigenvalue weighted by atomic mass is 16.2. The molecule has 1 aliphatic rings. The average Bonchev–Trinajstić information content (AvgIpc) is 2.71. The molecule has 0 N–H and O–H groups in total. The monoisotopic (exact) mass is 268 g/mol. The average molecular weight is 268 g/mol. The molecule has 1 amide bonds. The Labute approximate surface area is 117 Å². The topological polar surface area (TPSA) is 59.0 Å². The lowest BCUT2D eigenvalue weighted by atomic mass is 10.1. The Morgan fingerprint density at radius 1 is 1.15 bits per heavy atom. The fourth-order valence-corrected chi connectivity index (χ4v) is 2.57. The Morgan fingerprint density at radius 2 is 1.90 bits per heavy atom. The maximum absolute atomic E-state index is 12.5. The van der Waals surface area contributed by atoms with Crippen LogP contribution >= 0.6 is 0 Å². The minimum Gasteiger partial charge on any atom is -0.338 e. The van der Waals surface area contributed by atoms with E-state index in [1.54, 1.807) is 30.9 Å². The van der Waals surface area contributed by atoms with Gasteiger partial charge in [-0.1, -0.05) is 0 Å². The van der Waals surface area contributed by atoms with E-state index < -0.39 is 0 Å². The summed E-state index contributed by atoms with van der Waals surface area (Å²) < 4.78 is 0. The van der Waals surface area contributed by atoms with Crippen LogP contribution in [0, 0.1) is 6.92 Å². The van der Waals surface area contributed by atoms with E-state index in [4.69, 9.17) is 0 Å². The van der Waals surface area contributed by atoms with Crippen LogP contribution in [-0.4, -0.2) is 38.8 Å². The lowest BCUT2D eigenvalue weighted by molar-refractivity contribution is 0.0763. The minimum absolute atomic E-state index is 0.0609. The van der Waals surface area contributed by atoms with Crippen LogP contribution in [0.5, 0.6) is 0 Å². The second-order valence-electron chi connectivity index (χ2n) is 4.91. The van der Waals surface area contributed by atoms with E-state index in [0.717, 1.165) is 24.2 Å². The van der Waals surface area contributed by atoms with Gasteiger partial charge in [0.2, 0.25) is 0 Å². The van der Waals surface area contributed by atoms with E-state index in [-0.39, 0.29) is 5.91 Å². The molecule has 0 unspecified atom stereocenters. The molecule has 5 nitrogen and oxygen atoms in total. The van der Waals surface area contributed by atoms with Crippen LogP contribution in [0.2, 0.25) is 0 Å². The summed E-state index contributed by atoms with van der Waals surface area (Å²) in [4.78, 5) is 26.9. The number of rotatable bonds is 1. The molecule has 0 atom stereocenters. The number of hydrogen-bond acceptors (Lipinski definition) is 4. The number of pyridine rings is 1. The van der Waals surface area contributed by atoms with Crippen molar-refractivity contribution < 1.29 is 4.79 Å². The molecule has 0 aliphatic carbocycles. The van der Waals surface area contributed by atoms with Gasteiger partial charge in [0.05, 0.1) is 0 Å². The zero-order chi connectivity index (χ0) is 13.9. The first-order valence-electron chi connectivity index (χ1n) is 6.74. The van der Waals surface area contributed by atoms with E-state index in [1.165, 1.54) is 5.56 Å². The summed E-state index contributed by atoms with van der Waals surface area (Å²) in [6, 6.07) is 3.51. The van der Waals surface area contributed by atoms with Crippen LogP contribution in [0.15, 0.2) is 30.9 Å². The second kappa shape index (κ2) is 5.36. The molecule has 0 aromatic carbocycles. The van der Waals surface area contributed by atoms with Gasteiger partial charge in [-0.3, -0.25) is 9.78 Å². The van der Waals surface area contributed by atoms with Gasteiger partial charge >= 0.3 is 0 Å². The highest BCUT2D eigenvalue weighted by Crippen LogP contribution is 2.17. The molecular weight excluding hydrogens is 252 g/mol. The van der Waals surface area contributed by atoms with Crippen molar-refractivity contribution in [2.75, 3.05) is 13.1 Å². The maximum Gasteiger partial charge on any atom is 0.253 e. The lowest BCUT2D eigenvalue weighted by Crippen LogP contribution is -2.33. The Morgan fingerprint density at radius 3 is 2.70 bits per heavy atom. The number of carbonyl (C=O) groups excluding carboxylic acids is 1. The molecule has 102 valence electrons. The predicted molar refractivity (Wildman–Crippen MR) is 74.3 cm³/mol. The summed E-state index contributed by atoms with van der Waals surface area (Å²) in [6.07, 6.45) is 6.51. The number of carbonyl (C=O) groups is 1. The van der Waals surface area contributed by atoms with E-state index in [9.17, 15) is 4.79 Å². The summed E-state index contributed by atoms with van der Waals surface area (Å²) >= 11 is 0. The van der Waals surface area contributed by atoms with Crippen LogP contribution in [0.4, 0.5) is 0 Å². The van der Waals surface area contributed by atoms with Gasteiger partial charge < -0.3 is 4.90 Å². The van der Waals surface area contributed by atoms with Crippen molar-refractivity contribution in [3.05, 3.63) is 53.4 Å². The third-order valence-electron chi connectivity index (χ3n) is 3.71. The van der Waals surface area contributed by atoms with Crippen LogP contribution in [0.25, 0.3) is 0 Å². The van der Waals surface area contributed by atoms with Gasteiger partial charge in [0.15, 0.2) is 0 Å².